The van der Waals surface area contributed by atoms with Crippen LogP contribution in [0.1, 0.15) is 31.9 Å². The molecule has 0 aliphatic heterocycles. The summed E-state index contributed by atoms with van der Waals surface area (Å²) >= 11 is 0. The highest BCUT2D eigenvalue weighted by atomic mass is 16.6. The van der Waals surface area contributed by atoms with E-state index in [1.54, 1.807) is 20.8 Å². The Morgan fingerprint density at radius 3 is 2.20 bits per heavy atom. The van der Waals surface area contributed by atoms with Gasteiger partial charge in [-0.3, -0.25) is 4.90 Å². The molecule has 0 aliphatic carbocycles. The first-order valence-electron chi connectivity index (χ1n) is 10.3. The lowest BCUT2D eigenvalue weighted by atomic mass is 10.2. The lowest BCUT2D eigenvalue weighted by Gasteiger charge is -2.27. The zero-order chi connectivity index (χ0) is 21.8. The maximum absolute atomic E-state index is 12.1. The van der Waals surface area contributed by atoms with Crippen molar-refractivity contribution in [2.24, 2.45) is 0 Å². The highest BCUT2D eigenvalue weighted by Crippen LogP contribution is 2.08. The molecule has 0 bridgehead atoms. The summed E-state index contributed by atoms with van der Waals surface area (Å²) in [4.78, 5) is 25.8. The molecule has 0 saturated heterocycles. The molecule has 0 aliphatic rings. The van der Waals surface area contributed by atoms with Gasteiger partial charge in [0.2, 0.25) is 0 Å². The molecule has 1 unspecified atom stereocenters. The summed E-state index contributed by atoms with van der Waals surface area (Å²) in [6, 6.07) is 19.7. The number of hydrogen-bond donors (Lipinski definition) is 2. The number of amides is 1. The molecule has 0 fully saturated rings. The van der Waals surface area contributed by atoms with Gasteiger partial charge in [-0.2, -0.15) is 0 Å². The number of benzene rings is 2. The molecular weight excluding hydrogens is 378 g/mol. The predicted octanol–water partition coefficient (Wildman–Crippen LogP) is 3.37. The van der Waals surface area contributed by atoms with Gasteiger partial charge in [0.15, 0.2) is 0 Å². The molecule has 2 aromatic carbocycles. The molecule has 1 amide bonds. The molecule has 0 radical (unpaired) electrons. The number of rotatable bonds is 11. The molecule has 0 aromatic heterocycles. The fourth-order valence-corrected chi connectivity index (χ4v) is 3.00. The molecule has 6 nitrogen and oxygen atoms in total. The van der Waals surface area contributed by atoms with Crippen LogP contribution in [0.25, 0.3) is 0 Å². The zero-order valence-electron chi connectivity index (χ0n) is 18.1. The smallest absolute Gasteiger partial charge is 0.408 e. The molecule has 30 heavy (non-hydrogen) atoms. The summed E-state index contributed by atoms with van der Waals surface area (Å²) in [5.41, 5.74) is 1.77. The third-order valence-electron chi connectivity index (χ3n) is 4.35. The summed E-state index contributed by atoms with van der Waals surface area (Å²) in [7, 11) is 0. The van der Waals surface area contributed by atoms with Crippen molar-refractivity contribution in [2.45, 2.75) is 45.5 Å². The first kappa shape index (κ1) is 23.6. The summed E-state index contributed by atoms with van der Waals surface area (Å²) in [5.74, 6) is 0. The Labute approximate surface area is 179 Å². The summed E-state index contributed by atoms with van der Waals surface area (Å²) in [6.07, 6.45) is 0.181. The number of nitrogens with one attached hydrogen (secondary N) is 2. The minimum atomic E-state index is -0.641. The van der Waals surface area contributed by atoms with Gasteiger partial charge in [0, 0.05) is 32.7 Å². The minimum absolute atomic E-state index is 0.407. The lowest BCUT2D eigenvalue weighted by molar-refractivity contribution is -0.110. The first-order chi connectivity index (χ1) is 14.4. The van der Waals surface area contributed by atoms with Crippen LogP contribution < -0.4 is 10.6 Å². The van der Waals surface area contributed by atoms with Crippen molar-refractivity contribution in [1.82, 2.24) is 15.5 Å². The van der Waals surface area contributed by atoms with E-state index in [2.05, 4.69) is 39.8 Å². The molecule has 6 heteroatoms. The van der Waals surface area contributed by atoms with E-state index >= 15 is 0 Å². The van der Waals surface area contributed by atoms with Crippen molar-refractivity contribution in [3.8, 4) is 0 Å². The van der Waals surface area contributed by atoms with Gasteiger partial charge in [0.1, 0.15) is 17.9 Å². The highest BCUT2D eigenvalue weighted by molar-refractivity contribution is 5.73. The topological polar surface area (TPSA) is 70.7 Å². The number of aldehydes is 1. The van der Waals surface area contributed by atoms with E-state index < -0.39 is 17.7 Å². The van der Waals surface area contributed by atoms with Crippen LogP contribution in [0.3, 0.4) is 0 Å². The first-order valence-corrected chi connectivity index (χ1v) is 10.3. The molecule has 2 rings (SSSR count). The van der Waals surface area contributed by atoms with Crippen LogP contribution in [0.2, 0.25) is 0 Å². The second-order valence-corrected chi connectivity index (χ2v) is 8.27. The molecule has 1 atom stereocenters. The molecular formula is C24H33N3O3. The Balaban J connectivity index is 1.92. The largest absolute Gasteiger partial charge is 0.444 e. The number of alkyl carbamates (subject to hydrolysis) is 1. The van der Waals surface area contributed by atoms with Gasteiger partial charge in [-0.1, -0.05) is 60.7 Å². The van der Waals surface area contributed by atoms with E-state index in [-0.39, 0.29) is 0 Å². The predicted molar refractivity (Wildman–Crippen MR) is 119 cm³/mol. The van der Waals surface area contributed by atoms with Gasteiger partial charge in [0.05, 0.1) is 0 Å². The van der Waals surface area contributed by atoms with Gasteiger partial charge >= 0.3 is 6.09 Å². The zero-order valence-corrected chi connectivity index (χ0v) is 18.1. The maximum atomic E-state index is 12.1. The molecule has 2 aromatic rings. The van der Waals surface area contributed by atoms with Crippen LogP contribution in [-0.4, -0.2) is 48.6 Å². The van der Waals surface area contributed by atoms with Crippen LogP contribution >= 0.6 is 0 Å². The van der Waals surface area contributed by atoms with Crippen molar-refractivity contribution in [3.63, 3.8) is 0 Å². The fraction of sp³-hybridized carbons (Fsp3) is 0.417. The Hall–Kier alpha value is -2.70. The highest BCUT2D eigenvalue weighted by Gasteiger charge is 2.21. The standard InChI is InChI=1S/C24H33N3O3/c1-24(2,3)30-23(29)26-22(19-28)18-27(17-21-12-8-5-9-13-21)15-14-25-16-20-10-6-4-7-11-20/h4-13,19,22,25H,14-18H2,1-3H3,(H,26,29). The molecule has 0 heterocycles. The van der Waals surface area contributed by atoms with Gasteiger partial charge < -0.3 is 20.2 Å². The number of carbonyl (C=O) groups is 2. The van der Waals surface area contributed by atoms with Crippen molar-refractivity contribution in [2.75, 3.05) is 19.6 Å². The Morgan fingerprint density at radius 2 is 1.63 bits per heavy atom. The summed E-state index contributed by atoms with van der Waals surface area (Å²) in [5, 5.41) is 6.10. The lowest BCUT2D eigenvalue weighted by Crippen LogP contribution is -2.47. The van der Waals surface area contributed by atoms with E-state index in [0.717, 1.165) is 31.5 Å². The van der Waals surface area contributed by atoms with Crippen molar-refractivity contribution in [3.05, 3.63) is 71.8 Å². The minimum Gasteiger partial charge on any atom is -0.444 e. The normalized spacial score (nSPS) is 12.4. The summed E-state index contributed by atoms with van der Waals surface area (Å²) in [6.45, 7) is 8.77. The average molecular weight is 412 g/mol. The maximum Gasteiger partial charge on any atom is 0.408 e. The molecule has 0 spiro atoms. The quantitative estimate of drug-likeness (QED) is 0.438. The van der Waals surface area contributed by atoms with E-state index in [4.69, 9.17) is 4.74 Å². The van der Waals surface area contributed by atoms with Crippen molar-refractivity contribution >= 4 is 12.4 Å². The van der Waals surface area contributed by atoms with Crippen LogP contribution in [-0.2, 0) is 22.6 Å². The Morgan fingerprint density at radius 1 is 1.03 bits per heavy atom. The third kappa shape index (κ3) is 9.67. The Kier molecular flexibility index (Phi) is 9.51. The van der Waals surface area contributed by atoms with Crippen LogP contribution in [0, 0.1) is 0 Å². The van der Waals surface area contributed by atoms with Crippen LogP contribution in [0.4, 0.5) is 4.79 Å². The number of carbonyl (C=O) groups excluding carboxylic acids is 2. The van der Waals surface area contributed by atoms with E-state index in [1.807, 2.05) is 36.4 Å². The van der Waals surface area contributed by atoms with Crippen molar-refractivity contribution in [1.29, 1.82) is 0 Å². The van der Waals surface area contributed by atoms with Gasteiger partial charge in [-0.25, -0.2) is 4.79 Å². The number of nitrogens with zero attached hydrogens (tertiary/aromatic N) is 1. The monoisotopic (exact) mass is 411 g/mol. The third-order valence-corrected chi connectivity index (χ3v) is 4.35. The molecule has 0 saturated carbocycles. The van der Waals surface area contributed by atoms with Crippen molar-refractivity contribution < 1.29 is 14.3 Å². The molecule has 2 N–H and O–H groups in total. The van der Waals surface area contributed by atoms with E-state index in [1.165, 1.54) is 5.56 Å². The second kappa shape index (κ2) is 12.1. The van der Waals surface area contributed by atoms with E-state index in [9.17, 15) is 9.59 Å². The van der Waals surface area contributed by atoms with Crippen LogP contribution in [0.15, 0.2) is 60.7 Å². The number of ether oxygens (including phenoxy) is 1. The average Bonchev–Trinajstić information content (AvgIpc) is 2.70. The van der Waals surface area contributed by atoms with E-state index in [0.29, 0.717) is 13.1 Å². The SMILES string of the molecule is CC(C)(C)OC(=O)NC(C=O)CN(CCNCc1ccccc1)Cc1ccccc1. The van der Waals surface area contributed by atoms with Crippen LogP contribution in [0.5, 0.6) is 0 Å². The van der Waals surface area contributed by atoms with Gasteiger partial charge in [-0.05, 0) is 31.9 Å². The molecule has 162 valence electrons. The Bertz CT molecular complexity index is 760. The fourth-order valence-electron chi connectivity index (χ4n) is 3.00. The van der Waals surface area contributed by atoms with Gasteiger partial charge in [0.25, 0.3) is 0 Å². The second-order valence-electron chi connectivity index (χ2n) is 8.27. The van der Waals surface area contributed by atoms with Gasteiger partial charge in [-0.15, -0.1) is 0 Å². The summed E-state index contributed by atoms with van der Waals surface area (Å²) < 4.78 is 5.28. The number of hydrogen-bond acceptors (Lipinski definition) is 5.